The molecule has 0 spiro atoms. The molecule has 0 bridgehead atoms. The van der Waals surface area contributed by atoms with E-state index in [1.54, 1.807) is 12.1 Å². The molecule has 1 saturated heterocycles. The molecule has 146 valence electrons. The second kappa shape index (κ2) is 9.46. The number of thioether (sulfide) groups is 1. The Labute approximate surface area is 169 Å². The van der Waals surface area contributed by atoms with Crippen molar-refractivity contribution < 1.29 is 9.53 Å². The van der Waals surface area contributed by atoms with E-state index in [-0.39, 0.29) is 5.91 Å². The summed E-state index contributed by atoms with van der Waals surface area (Å²) in [5, 5.41) is 9.78. The monoisotopic (exact) mass is 408 g/mol. The van der Waals surface area contributed by atoms with Crippen molar-refractivity contribution in [2.75, 3.05) is 12.3 Å². The largest absolute Gasteiger partial charge is 0.486 e. The van der Waals surface area contributed by atoms with Crippen LogP contribution in [-0.2, 0) is 18.4 Å². The number of aromatic nitrogens is 3. The lowest BCUT2D eigenvalue weighted by molar-refractivity contribution is -0.132. The van der Waals surface area contributed by atoms with Crippen molar-refractivity contribution in [1.82, 2.24) is 19.7 Å². The first kappa shape index (κ1) is 20.0. The van der Waals surface area contributed by atoms with E-state index in [2.05, 4.69) is 17.1 Å². The lowest BCUT2D eigenvalue weighted by Gasteiger charge is -2.35. The van der Waals surface area contributed by atoms with Crippen LogP contribution >= 0.6 is 23.4 Å². The molecule has 1 aliphatic rings. The summed E-state index contributed by atoms with van der Waals surface area (Å²) in [5.74, 6) is 2.01. The predicted octanol–water partition coefficient (Wildman–Crippen LogP) is 3.93. The van der Waals surface area contributed by atoms with Crippen molar-refractivity contribution >= 4 is 29.3 Å². The lowest BCUT2D eigenvalue weighted by atomic mass is 10.0. The zero-order valence-corrected chi connectivity index (χ0v) is 17.3. The van der Waals surface area contributed by atoms with Gasteiger partial charge in [0.05, 0.1) is 5.75 Å². The second-order valence-corrected chi connectivity index (χ2v) is 8.01. The molecular weight excluding hydrogens is 384 g/mol. The molecule has 27 heavy (non-hydrogen) atoms. The van der Waals surface area contributed by atoms with Gasteiger partial charge in [-0.05, 0) is 49.9 Å². The van der Waals surface area contributed by atoms with Crippen molar-refractivity contribution in [2.45, 2.75) is 50.4 Å². The van der Waals surface area contributed by atoms with Gasteiger partial charge in [-0.15, -0.1) is 10.2 Å². The fourth-order valence-electron chi connectivity index (χ4n) is 3.24. The number of hydrogen-bond donors (Lipinski definition) is 0. The molecule has 0 N–H and O–H groups in total. The smallest absolute Gasteiger partial charge is 0.233 e. The van der Waals surface area contributed by atoms with Gasteiger partial charge in [0.2, 0.25) is 5.91 Å². The van der Waals surface area contributed by atoms with Crippen molar-refractivity contribution in [1.29, 1.82) is 0 Å². The summed E-state index contributed by atoms with van der Waals surface area (Å²) in [5.41, 5.74) is 0. The van der Waals surface area contributed by atoms with Crippen LogP contribution in [0.5, 0.6) is 5.75 Å². The molecule has 1 amide bonds. The Morgan fingerprint density at radius 3 is 2.81 bits per heavy atom. The van der Waals surface area contributed by atoms with Gasteiger partial charge in [-0.25, -0.2) is 0 Å². The first-order valence-corrected chi connectivity index (χ1v) is 10.6. The highest BCUT2D eigenvalue weighted by atomic mass is 35.5. The van der Waals surface area contributed by atoms with Crippen molar-refractivity contribution in [3.05, 3.63) is 35.1 Å². The highest BCUT2D eigenvalue weighted by molar-refractivity contribution is 7.99. The Morgan fingerprint density at radius 2 is 2.07 bits per heavy atom. The first-order valence-electron chi connectivity index (χ1n) is 9.27. The van der Waals surface area contributed by atoms with E-state index in [4.69, 9.17) is 16.3 Å². The summed E-state index contributed by atoms with van der Waals surface area (Å²) < 4.78 is 7.60. The second-order valence-electron chi connectivity index (χ2n) is 6.63. The molecule has 0 radical (unpaired) electrons. The summed E-state index contributed by atoms with van der Waals surface area (Å²) in [7, 11) is 1.89. The first-order chi connectivity index (χ1) is 13.1. The van der Waals surface area contributed by atoms with E-state index in [0.29, 0.717) is 29.2 Å². The van der Waals surface area contributed by atoms with Crippen LogP contribution in [-0.4, -0.2) is 43.9 Å². The van der Waals surface area contributed by atoms with Gasteiger partial charge in [-0.2, -0.15) is 0 Å². The van der Waals surface area contributed by atoms with E-state index in [9.17, 15) is 4.79 Å². The maximum Gasteiger partial charge on any atom is 0.233 e. The third-order valence-corrected chi connectivity index (χ3v) is 6.11. The van der Waals surface area contributed by atoms with Crippen molar-refractivity contribution in [3.8, 4) is 5.75 Å². The van der Waals surface area contributed by atoms with Crippen LogP contribution in [0.2, 0.25) is 5.02 Å². The van der Waals surface area contributed by atoms with Gasteiger partial charge in [-0.3, -0.25) is 4.79 Å². The number of rotatable bonds is 7. The van der Waals surface area contributed by atoms with Gasteiger partial charge < -0.3 is 14.2 Å². The third-order valence-electron chi connectivity index (χ3n) is 4.85. The number of likely N-dealkylation sites (tertiary alicyclic amines) is 1. The van der Waals surface area contributed by atoms with Gasteiger partial charge in [0, 0.05) is 24.7 Å². The standard InChI is InChI=1S/C19H25ClN4O2S/c1-3-15-6-4-5-11-24(15)18(25)13-27-19-22-21-17(23(19)2)12-26-16-9-7-14(20)8-10-16/h7-10,15H,3-6,11-13H2,1-2H3. The van der Waals surface area contributed by atoms with Gasteiger partial charge in [0.15, 0.2) is 11.0 Å². The van der Waals surface area contributed by atoms with E-state index < -0.39 is 0 Å². The van der Waals surface area contributed by atoms with E-state index in [0.717, 1.165) is 36.7 Å². The Hall–Kier alpha value is -1.73. The molecule has 0 saturated carbocycles. The van der Waals surface area contributed by atoms with Crippen molar-refractivity contribution in [2.24, 2.45) is 7.05 Å². The van der Waals surface area contributed by atoms with E-state index in [1.165, 1.54) is 18.2 Å². The maximum absolute atomic E-state index is 12.6. The van der Waals surface area contributed by atoms with Crippen LogP contribution in [0.3, 0.4) is 0 Å². The number of nitrogens with zero attached hydrogens (tertiary/aromatic N) is 4. The van der Waals surface area contributed by atoms with Crippen LogP contribution in [0.1, 0.15) is 38.4 Å². The number of halogens is 1. The lowest BCUT2D eigenvalue weighted by Crippen LogP contribution is -2.44. The Kier molecular flexibility index (Phi) is 7.01. The minimum Gasteiger partial charge on any atom is -0.486 e. The quantitative estimate of drug-likeness (QED) is 0.649. The minimum atomic E-state index is 0.188. The van der Waals surface area contributed by atoms with Crippen LogP contribution in [0, 0.1) is 0 Å². The molecule has 8 heteroatoms. The molecule has 1 unspecified atom stereocenters. The Morgan fingerprint density at radius 1 is 1.30 bits per heavy atom. The molecule has 6 nitrogen and oxygen atoms in total. The molecular formula is C19H25ClN4O2S. The predicted molar refractivity (Wildman–Crippen MR) is 107 cm³/mol. The number of carbonyl (C=O) groups excluding carboxylic acids is 1. The summed E-state index contributed by atoms with van der Waals surface area (Å²) in [6, 6.07) is 7.58. The van der Waals surface area contributed by atoms with E-state index in [1.807, 2.05) is 28.6 Å². The van der Waals surface area contributed by atoms with Crippen molar-refractivity contribution in [3.63, 3.8) is 0 Å². The van der Waals surface area contributed by atoms with Crippen LogP contribution in [0.4, 0.5) is 0 Å². The van der Waals surface area contributed by atoms with Gasteiger partial charge in [0.1, 0.15) is 12.4 Å². The molecule has 1 atom stereocenters. The van der Waals surface area contributed by atoms with Crippen LogP contribution in [0.15, 0.2) is 29.4 Å². The van der Waals surface area contributed by atoms with Gasteiger partial charge in [-0.1, -0.05) is 30.3 Å². The molecule has 3 rings (SSSR count). The number of benzene rings is 1. The molecule has 1 aromatic carbocycles. The average Bonchev–Trinajstić information content (AvgIpc) is 3.05. The maximum atomic E-state index is 12.6. The molecule has 0 aliphatic carbocycles. The normalized spacial score (nSPS) is 17.1. The summed E-state index contributed by atoms with van der Waals surface area (Å²) in [6.45, 7) is 3.33. The SMILES string of the molecule is CCC1CCCCN1C(=O)CSc1nnc(COc2ccc(Cl)cc2)n1C. The summed E-state index contributed by atoms with van der Waals surface area (Å²) >= 11 is 7.31. The Bertz CT molecular complexity index is 766. The van der Waals surface area contributed by atoms with Crippen LogP contribution in [0.25, 0.3) is 0 Å². The third kappa shape index (κ3) is 5.17. The highest BCUT2D eigenvalue weighted by Crippen LogP contribution is 2.23. The molecule has 2 aromatic rings. The number of piperidine rings is 1. The van der Waals surface area contributed by atoms with Gasteiger partial charge in [0.25, 0.3) is 0 Å². The molecule has 1 aliphatic heterocycles. The van der Waals surface area contributed by atoms with Crippen LogP contribution < -0.4 is 4.74 Å². The topological polar surface area (TPSA) is 60.3 Å². The summed E-state index contributed by atoms with van der Waals surface area (Å²) in [4.78, 5) is 14.6. The van der Waals surface area contributed by atoms with E-state index >= 15 is 0 Å². The number of carbonyl (C=O) groups is 1. The zero-order valence-electron chi connectivity index (χ0n) is 15.7. The Balaban J connectivity index is 1.53. The summed E-state index contributed by atoms with van der Waals surface area (Å²) in [6.07, 6.45) is 4.45. The average molecular weight is 409 g/mol. The number of hydrogen-bond acceptors (Lipinski definition) is 5. The number of amides is 1. The fourth-order valence-corrected chi connectivity index (χ4v) is 4.18. The minimum absolute atomic E-state index is 0.188. The molecule has 1 fully saturated rings. The molecule has 1 aromatic heterocycles. The molecule has 2 heterocycles. The fraction of sp³-hybridized carbons (Fsp3) is 0.526. The van der Waals surface area contributed by atoms with Gasteiger partial charge >= 0.3 is 0 Å². The zero-order chi connectivity index (χ0) is 19.2. The number of ether oxygens (including phenoxy) is 1. The highest BCUT2D eigenvalue weighted by Gasteiger charge is 2.25.